The van der Waals surface area contributed by atoms with E-state index in [1.807, 2.05) is 18.2 Å². The minimum atomic E-state index is 0.263. The second kappa shape index (κ2) is 8.62. The van der Waals surface area contributed by atoms with Gasteiger partial charge in [-0.2, -0.15) is 0 Å². The summed E-state index contributed by atoms with van der Waals surface area (Å²) in [5, 5.41) is 5.09. The molecule has 2 atom stereocenters. The number of halogens is 3. The van der Waals surface area contributed by atoms with E-state index in [0.717, 1.165) is 28.2 Å². The van der Waals surface area contributed by atoms with Crippen LogP contribution in [0.1, 0.15) is 63.5 Å². The van der Waals surface area contributed by atoms with E-state index in [-0.39, 0.29) is 5.54 Å². The Kier molecular flexibility index (Phi) is 6.21. The smallest absolute Gasteiger partial charge is 0.162 e. The zero-order chi connectivity index (χ0) is 23.4. The Morgan fingerprint density at radius 3 is 2.33 bits per heavy atom. The number of methoxy groups -OCH3 is 1. The van der Waals surface area contributed by atoms with E-state index in [2.05, 4.69) is 41.2 Å². The highest BCUT2D eigenvalue weighted by atomic mass is 79.9. The molecule has 178 valence electrons. The van der Waals surface area contributed by atoms with Crippen molar-refractivity contribution in [2.24, 2.45) is 16.7 Å². The maximum absolute atomic E-state index is 6.14. The summed E-state index contributed by atoms with van der Waals surface area (Å²) in [6.45, 7) is 6.25. The van der Waals surface area contributed by atoms with E-state index < -0.39 is 0 Å². The molecule has 0 heterocycles. The molecule has 3 nitrogen and oxygen atoms in total. The minimum absolute atomic E-state index is 0.263. The Morgan fingerprint density at radius 2 is 1.70 bits per heavy atom. The average molecular weight is 553 g/mol. The summed E-state index contributed by atoms with van der Waals surface area (Å²) in [6.07, 6.45) is 8.13. The second-order valence-corrected chi connectivity index (χ2v) is 13.1. The van der Waals surface area contributed by atoms with Crippen LogP contribution >= 0.6 is 39.1 Å². The molecule has 6 heteroatoms. The highest BCUT2D eigenvalue weighted by Crippen LogP contribution is 2.66. The summed E-state index contributed by atoms with van der Waals surface area (Å²) in [4.78, 5) is 0. The SMILES string of the molecule is COc1cc(CNC23CC4CC(C)(CC(C)(C4)C2)C3)c(Br)cc1OCc1ccc(Cl)c(Cl)c1. The monoisotopic (exact) mass is 551 g/mol. The summed E-state index contributed by atoms with van der Waals surface area (Å²) in [5.41, 5.74) is 3.41. The fourth-order valence-electron chi connectivity index (χ4n) is 7.70. The Morgan fingerprint density at radius 1 is 0.970 bits per heavy atom. The molecule has 0 amide bonds. The van der Waals surface area contributed by atoms with Crippen LogP contribution in [0.15, 0.2) is 34.8 Å². The van der Waals surface area contributed by atoms with Gasteiger partial charge in [-0.05, 0) is 90.7 Å². The van der Waals surface area contributed by atoms with Gasteiger partial charge in [0.1, 0.15) is 6.61 Å². The van der Waals surface area contributed by atoms with Gasteiger partial charge >= 0.3 is 0 Å². The third kappa shape index (κ3) is 4.78. The van der Waals surface area contributed by atoms with Gasteiger partial charge < -0.3 is 14.8 Å². The van der Waals surface area contributed by atoms with Crippen LogP contribution in [-0.4, -0.2) is 12.6 Å². The highest BCUT2D eigenvalue weighted by molar-refractivity contribution is 9.10. The van der Waals surface area contributed by atoms with Crippen molar-refractivity contribution in [1.29, 1.82) is 0 Å². The first-order valence-corrected chi connectivity index (χ1v) is 13.3. The lowest BCUT2D eigenvalue weighted by Gasteiger charge is -2.65. The third-order valence-electron chi connectivity index (χ3n) is 7.99. The maximum Gasteiger partial charge on any atom is 0.162 e. The van der Waals surface area contributed by atoms with Gasteiger partial charge in [0, 0.05) is 16.6 Å². The lowest BCUT2D eigenvalue weighted by Crippen LogP contribution is -2.63. The summed E-state index contributed by atoms with van der Waals surface area (Å²) >= 11 is 15.9. The van der Waals surface area contributed by atoms with Crippen LogP contribution in [0.2, 0.25) is 10.0 Å². The minimum Gasteiger partial charge on any atom is -0.493 e. The fraction of sp³-hybridized carbons (Fsp3) is 0.556. The van der Waals surface area contributed by atoms with Crippen LogP contribution in [0.25, 0.3) is 0 Å². The van der Waals surface area contributed by atoms with Crippen LogP contribution in [0, 0.1) is 16.7 Å². The number of nitrogens with one attached hydrogen (secondary N) is 1. The molecule has 0 radical (unpaired) electrons. The van der Waals surface area contributed by atoms with Gasteiger partial charge in [-0.1, -0.05) is 59.0 Å². The van der Waals surface area contributed by atoms with Gasteiger partial charge in [0.25, 0.3) is 0 Å². The van der Waals surface area contributed by atoms with Crippen LogP contribution in [0.5, 0.6) is 11.5 Å². The molecule has 4 aliphatic rings. The molecule has 2 unspecified atom stereocenters. The first-order valence-electron chi connectivity index (χ1n) is 11.8. The molecule has 4 aliphatic carbocycles. The second-order valence-electron chi connectivity index (χ2n) is 11.4. The number of rotatable bonds is 7. The molecule has 4 saturated carbocycles. The highest BCUT2D eigenvalue weighted by Gasteiger charge is 2.59. The van der Waals surface area contributed by atoms with Crippen LogP contribution in [0.4, 0.5) is 0 Å². The van der Waals surface area contributed by atoms with Crippen LogP contribution in [0.3, 0.4) is 0 Å². The van der Waals surface area contributed by atoms with Gasteiger partial charge in [-0.15, -0.1) is 0 Å². The lowest BCUT2D eigenvalue weighted by atomic mass is 9.43. The number of ether oxygens (including phenoxy) is 2. The maximum atomic E-state index is 6.14. The number of benzene rings is 2. The van der Waals surface area contributed by atoms with Crippen LogP contribution in [-0.2, 0) is 13.2 Å². The topological polar surface area (TPSA) is 30.5 Å². The molecule has 33 heavy (non-hydrogen) atoms. The molecule has 0 spiro atoms. The van der Waals surface area contributed by atoms with E-state index in [4.69, 9.17) is 32.7 Å². The molecule has 0 saturated heterocycles. The van der Waals surface area contributed by atoms with Crippen molar-refractivity contribution in [2.45, 2.75) is 71.1 Å². The predicted octanol–water partition coefficient (Wildman–Crippen LogP) is 8.18. The van der Waals surface area contributed by atoms with Gasteiger partial charge in [-0.25, -0.2) is 0 Å². The Hall–Kier alpha value is -0.940. The summed E-state index contributed by atoms with van der Waals surface area (Å²) < 4.78 is 12.8. The summed E-state index contributed by atoms with van der Waals surface area (Å²) in [7, 11) is 1.69. The molecule has 2 aromatic rings. The molecule has 4 bridgehead atoms. The van der Waals surface area contributed by atoms with Gasteiger partial charge in [-0.3, -0.25) is 0 Å². The van der Waals surface area contributed by atoms with E-state index in [1.165, 1.54) is 44.1 Å². The first-order chi connectivity index (χ1) is 15.6. The van der Waals surface area contributed by atoms with Crippen LogP contribution < -0.4 is 14.8 Å². The summed E-state index contributed by atoms with van der Waals surface area (Å²) in [5.74, 6) is 2.31. The third-order valence-corrected chi connectivity index (χ3v) is 9.47. The first kappa shape index (κ1) is 23.8. The fourth-order valence-corrected chi connectivity index (χ4v) is 8.49. The van der Waals surface area contributed by atoms with Crippen molar-refractivity contribution in [3.8, 4) is 11.5 Å². The lowest BCUT2D eigenvalue weighted by molar-refractivity contribution is -0.118. The van der Waals surface area contributed by atoms with Crippen molar-refractivity contribution < 1.29 is 9.47 Å². The standard InChI is InChI=1S/C27H32BrCl2NO2/c1-25-9-18-10-26(2,14-25)16-27(11-18,15-25)31-12-19-7-23(32-3)24(8-20(19)28)33-13-17-4-5-21(29)22(30)6-17/h4-8,18,31H,9-16H2,1-3H3. The van der Waals surface area contributed by atoms with E-state index in [1.54, 1.807) is 13.2 Å². The van der Waals surface area contributed by atoms with Gasteiger partial charge in [0.15, 0.2) is 11.5 Å². The van der Waals surface area contributed by atoms with Crippen molar-refractivity contribution in [3.05, 3.63) is 56.0 Å². The zero-order valence-corrected chi connectivity index (χ0v) is 22.7. The largest absolute Gasteiger partial charge is 0.493 e. The number of hydrogen-bond donors (Lipinski definition) is 1. The average Bonchev–Trinajstić information content (AvgIpc) is 2.71. The van der Waals surface area contributed by atoms with E-state index >= 15 is 0 Å². The van der Waals surface area contributed by atoms with E-state index in [0.29, 0.717) is 33.2 Å². The molecular formula is C27H32BrCl2NO2. The molecule has 6 rings (SSSR count). The van der Waals surface area contributed by atoms with Gasteiger partial charge in [0.05, 0.1) is 17.2 Å². The molecule has 0 aromatic heterocycles. The van der Waals surface area contributed by atoms with Crippen molar-refractivity contribution in [2.75, 3.05) is 7.11 Å². The quantitative estimate of drug-likeness (QED) is 0.375. The summed E-state index contributed by atoms with van der Waals surface area (Å²) in [6, 6.07) is 9.63. The molecule has 2 aromatic carbocycles. The molecule has 0 aliphatic heterocycles. The van der Waals surface area contributed by atoms with Crippen molar-refractivity contribution >= 4 is 39.1 Å². The van der Waals surface area contributed by atoms with E-state index in [9.17, 15) is 0 Å². The van der Waals surface area contributed by atoms with Crippen molar-refractivity contribution in [1.82, 2.24) is 5.32 Å². The number of hydrogen-bond acceptors (Lipinski definition) is 3. The molecule has 1 N–H and O–H groups in total. The Balaban J connectivity index is 1.30. The zero-order valence-electron chi connectivity index (χ0n) is 19.6. The Bertz CT molecular complexity index is 1060. The predicted molar refractivity (Wildman–Crippen MR) is 138 cm³/mol. The Labute approximate surface area is 215 Å². The molecular weight excluding hydrogens is 521 g/mol. The van der Waals surface area contributed by atoms with Gasteiger partial charge in [0.2, 0.25) is 0 Å². The normalized spacial score (nSPS) is 32.2. The molecule has 4 fully saturated rings. The van der Waals surface area contributed by atoms with Crippen molar-refractivity contribution in [3.63, 3.8) is 0 Å².